The number of ketones is 1. The fourth-order valence-electron chi connectivity index (χ4n) is 3.06. The van der Waals surface area contributed by atoms with Gasteiger partial charge >= 0.3 is 0 Å². The molecule has 2 aromatic rings. The molecule has 1 aliphatic rings. The van der Waals surface area contributed by atoms with E-state index in [-0.39, 0.29) is 5.78 Å². The van der Waals surface area contributed by atoms with Gasteiger partial charge in [-0.05, 0) is 24.5 Å². The first-order chi connectivity index (χ1) is 10.7. The minimum atomic E-state index is 0.185. The molecule has 2 aromatic carbocycles. The van der Waals surface area contributed by atoms with Gasteiger partial charge in [-0.3, -0.25) is 9.69 Å². The third-order valence-corrected chi connectivity index (χ3v) is 4.27. The first kappa shape index (κ1) is 14.7. The molecule has 1 heterocycles. The van der Waals surface area contributed by atoms with Crippen LogP contribution in [-0.2, 0) is 11.3 Å². The Hall–Kier alpha value is -2.19. The van der Waals surface area contributed by atoms with Crippen LogP contribution in [0.3, 0.4) is 0 Å². The second-order valence-corrected chi connectivity index (χ2v) is 5.84. The van der Waals surface area contributed by atoms with E-state index in [0.717, 1.165) is 25.1 Å². The third-order valence-electron chi connectivity index (χ3n) is 4.27. The largest absolute Gasteiger partial charge is 0.295 e. The van der Waals surface area contributed by atoms with Crippen molar-refractivity contribution in [3.8, 4) is 0 Å². The average Bonchev–Trinajstić information content (AvgIpc) is 2.56. The first-order valence-corrected chi connectivity index (χ1v) is 7.77. The summed E-state index contributed by atoms with van der Waals surface area (Å²) in [6.45, 7) is 3.25. The van der Waals surface area contributed by atoms with Crippen LogP contribution in [0.15, 0.2) is 72.3 Å². The van der Waals surface area contributed by atoms with Crippen LogP contribution >= 0.6 is 0 Å². The van der Waals surface area contributed by atoms with Crippen LogP contribution in [0.1, 0.15) is 30.5 Å². The summed E-state index contributed by atoms with van der Waals surface area (Å²) in [6, 6.07) is 21.4. The van der Waals surface area contributed by atoms with E-state index in [1.165, 1.54) is 11.1 Å². The molecule has 1 unspecified atom stereocenters. The van der Waals surface area contributed by atoms with Gasteiger partial charge in [-0.1, -0.05) is 66.7 Å². The minimum Gasteiger partial charge on any atom is -0.295 e. The lowest BCUT2D eigenvalue weighted by Gasteiger charge is -2.35. The quantitative estimate of drug-likeness (QED) is 0.843. The molecule has 0 aromatic heterocycles. The summed E-state index contributed by atoms with van der Waals surface area (Å²) in [5, 5.41) is 0. The SMILES string of the molecule is CC(=O)C1=CCC(c2ccccc2)N(Cc2ccccc2)C1. The van der Waals surface area contributed by atoms with Crippen LogP contribution in [-0.4, -0.2) is 17.2 Å². The van der Waals surface area contributed by atoms with Crippen molar-refractivity contribution in [2.75, 3.05) is 6.54 Å². The fourth-order valence-corrected chi connectivity index (χ4v) is 3.06. The Bertz CT molecular complexity index is 661. The molecule has 0 saturated heterocycles. The van der Waals surface area contributed by atoms with Crippen LogP contribution in [0.4, 0.5) is 0 Å². The van der Waals surface area contributed by atoms with Gasteiger partial charge in [0.15, 0.2) is 5.78 Å². The zero-order valence-electron chi connectivity index (χ0n) is 12.9. The van der Waals surface area contributed by atoms with Crippen LogP contribution in [0, 0.1) is 0 Å². The summed E-state index contributed by atoms with van der Waals surface area (Å²) >= 11 is 0. The molecule has 2 heteroatoms. The molecule has 0 saturated carbocycles. The Labute approximate surface area is 132 Å². The molecule has 0 bridgehead atoms. The summed E-state index contributed by atoms with van der Waals surface area (Å²) in [6.07, 6.45) is 3.01. The van der Waals surface area contributed by atoms with Crippen molar-refractivity contribution in [3.63, 3.8) is 0 Å². The maximum absolute atomic E-state index is 11.7. The highest BCUT2D eigenvalue weighted by Crippen LogP contribution is 2.31. The summed E-state index contributed by atoms with van der Waals surface area (Å²) in [4.78, 5) is 14.1. The molecule has 1 atom stereocenters. The van der Waals surface area contributed by atoms with Gasteiger partial charge in [-0.2, -0.15) is 0 Å². The molecule has 3 rings (SSSR count). The summed E-state index contributed by atoms with van der Waals surface area (Å²) in [5.74, 6) is 0.185. The van der Waals surface area contributed by atoms with E-state index < -0.39 is 0 Å². The highest BCUT2D eigenvalue weighted by atomic mass is 16.1. The lowest BCUT2D eigenvalue weighted by Crippen LogP contribution is -2.34. The van der Waals surface area contributed by atoms with E-state index in [0.29, 0.717) is 6.04 Å². The second-order valence-electron chi connectivity index (χ2n) is 5.84. The van der Waals surface area contributed by atoms with Crippen LogP contribution in [0.5, 0.6) is 0 Å². The van der Waals surface area contributed by atoms with Gasteiger partial charge in [0, 0.05) is 24.7 Å². The van der Waals surface area contributed by atoms with Crippen LogP contribution in [0.25, 0.3) is 0 Å². The molecule has 0 fully saturated rings. The predicted octanol–water partition coefficient (Wildman–Crippen LogP) is 4.15. The van der Waals surface area contributed by atoms with E-state index >= 15 is 0 Å². The first-order valence-electron chi connectivity index (χ1n) is 7.77. The van der Waals surface area contributed by atoms with Gasteiger partial charge in [0.05, 0.1) is 0 Å². The Morgan fingerprint density at radius 3 is 2.32 bits per heavy atom. The van der Waals surface area contributed by atoms with E-state index in [1.807, 2.05) is 12.1 Å². The number of rotatable bonds is 4. The number of carbonyl (C=O) groups excluding carboxylic acids is 1. The number of hydrogen-bond acceptors (Lipinski definition) is 2. The van der Waals surface area contributed by atoms with Crippen molar-refractivity contribution in [1.29, 1.82) is 0 Å². The Morgan fingerprint density at radius 1 is 1.05 bits per heavy atom. The van der Waals surface area contributed by atoms with Crippen molar-refractivity contribution < 1.29 is 4.79 Å². The fraction of sp³-hybridized carbons (Fsp3) is 0.250. The number of hydrogen-bond donors (Lipinski definition) is 0. The number of benzene rings is 2. The topological polar surface area (TPSA) is 20.3 Å². The maximum atomic E-state index is 11.7. The van der Waals surface area contributed by atoms with Crippen molar-refractivity contribution >= 4 is 5.78 Å². The van der Waals surface area contributed by atoms with Gasteiger partial charge in [0.1, 0.15) is 0 Å². The number of nitrogens with zero attached hydrogens (tertiary/aromatic N) is 1. The molecule has 0 spiro atoms. The standard InChI is InChI=1S/C20H21NO/c1-16(22)19-12-13-20(18-10-6-3-7-11-18)21(15-19)14-17-8-4-2-5-9-17/h2-12,20H,13-15H2,1H3. The Balaban J connectivity index is 1.87. The van der Waals surface area contributed by atoms with Crippen molar-refractivity contribution in [2.24, 2.45) is 0 Å². The molecular formula is C20H21NO. The average molecular weight is 291 g/mol. The molecule has 112 valence electrons. The van der Waals surface area contributed by atoms with E-state index in [4.69, 9.17) is 0 Å². The molecule has 2 nitrogen and oxygen atoms in total. The summed E-state index contributed by atoms with van der Waals surface area (Å²) < 4.78 is 0. The van der Waals surface area contributed by atoms with Crippen molar-refractivity contribution in [3.05, 3.63) is 83.4 Å². The minimum absolute atomic E-state index is 0.185. The molecule has 1 aliphatic heterocycles. The van der Waals surface area contributed by atoms with Crippen molar-refractivity contribution in [1.82, 2.24) is 4.90 Å². The second kappa shape index (κ2) is 6.71. The predicted molar refractivity (Wildman–Crippen MR) is 89.4 cm³/mol. The lowest BCUT2D eigenvalue weighted by molar-refractivity contribution is -0.114. The van der Waals surface area contributed by atoms with Gasteiger partial charge < -0.3 is 0 Å². The Kier molecular flexibility index (Phi) is 4.50. The zero-order chi connectivity index (χ0) is 15.4. The normalized spacial score (nSPS) is 18.8. The number of Topliss-reactive ketones (excluding diaryl/α,β-unsaturated/α-hetero) is 1. The highest BCUT2D eigenvalue weighted by Gasteiger charge is 2.25. The van der Waals surface area contributed by atoms with Crippen LogP contribution in [0.2, 0.25) is 0 Å². The van der Waals surface area contributed by atoms with Gasteiger partial charge in [-0.15, -0.1) is 0 Å². The van der Waals surface area contributed by atoms with Gasteiger partial charge in [0.2, 0.25) is 0 Å². The van der Waals surface area contributed by atoms with E-state index in [2.05, 4.69) is 59.5 Å². The molecule has 22 heavy (non-hydrogen) atoms. The van der Waals surface area contributed by atoms with E-state index in [1.54, 1.807) is 6.92 Å². The molecule has 0 radical (unpaired) electrons. The van der Waals surface area contributed by atoms with Crippen LogP contribution < -0.4 is 0 Å². The lowest BCUT2D eigenvalue weighted by atomic mass is 9.94. The third kappa shape index (κ3) is 3.34. The summed E-state index contributed by atoms with van der Waals surface area (Å²) in [7, 11) is 0. The summed E-state index contributed by atoms with van der Waals surface area (Å²) in [5.41, 5.74) is 3.54. The maximum Gasteiger partial charge on any atom is 0.156 e. The monoisotopic (exact) mass is 291 g/mol. The Morgan fingerprint density at radius 2 is 1.68 bits per heavy atom. The number of carbonyl (C=O) groups is 1. The van der Waals surface area contributed by atoms with Gasteiger partial charge in [0.25, 0.3) is 0 Å². The van der Waals surface area contributed by atoms with E-state index in [9.17, 15) is 4.79 Å². The smallest absolute Gasteiger partial charge is 0.156 e. The highest BCUT2D eigenvalue weighted by molar-refractivity contribution is 5.93. The molecule has 0 N–H and O–H groups in total. The molecule has 0 amide bonds. The zero-order valence-corrected chi connectivity index (χ0v) is 12.9. The van der Waals surface area contributed by atoms with Gasteiger partial charge in [-0.25, -0.2) is 0 Å². The molecule has 0 aliphatic carbocycles. The van der Waals surface area contributed by atoms with Crippen molar-refractivity contribution in [2.45, 2.75) is 25.9 Å². The molecular weight excluding hydrogens is 270 g/mol.